The van der Waals surface area contributed by atoms with Crippen LogP contribution >= 0.6 is 11.8 Å². The van der Waals surface area contributed by atoms with Crippen molar-refractivity contribution >= 4 is 17.7 Å². The third kappa shape index (κ3) is 7.35. The summed E-state index contributed by atoms with van der Waals surface area (Å²) in [5, 5.41) is 8.81. The number of carbonyl (C=O) groups is 1. The van der Waals surface area contributed by atoms with Crippen LogP contribution in [-0.4, -0.2) is 79.1 Å². The number of hydrogen-bond acceptors (Lipinski definition) is 5. The number of rotatable bonds is 9. The summed E-state index contributed by atoms with van der Waals surface area (Å²) in [5.74, 6) is 1.36. The highest BCUT2D eigenvalue weighted by Gasteiger charge is 2.21. The van der Waals surface area contributed by atoms with Crippen LogP contribution in [0.2, 0.25) is 0 Å². The molecular weight excluding hydrogens is 312 g/mol. The predicted molar refractivity (Wildman–Crippen MR) is 93.9 cm³/mol. The summed E-state index contributed by atoms with van der Waals surface area (Å²) in [5.41, 5.74) is 1.37. The fraction of sp³-hybridized carbons (Fsp3) is 0.588. The van der Waals surface area contributed by atoms with E-state index in [9.17, 15) is 4.79 Å². The monoisotopic (exact) mass is 338 g/mol. The number of ether oxygens (including phenoxy) is 1. The molecule has 1 N–H and O–H groups in total. The summed E-state index contributed by atoms with van der Waals surface area (Å²) in [6.45, 7) is 4.36. The van der Waals surface area contributed by atoms with Crippen molar-refractivity contribution < 1.29 is 14.6 Å². The molecule has 1 atom stereocenters. The van der Waals surface area contributed by atoms with E-state index >= 15 is 0 Å². The molecule has 1 saturated heterocycles. The van der Waals surface area contributed by atoms with Crippen LogP contribution in [0.25, 0.3) is 0 Å². The summed E-state index contributed by atoms with van der Waals surface area (Å²) in [4.78, 5) is 14.9. The van der Waals surface area contributed by atoms with E-state index in [1.807, 2.05) is 24.9 Å². The fourth-order valence-electron chi connectivity index (χ4n) is 2.69. The zero-order valence-corrected chi connectivity index (χ0v) is 14.5. The lowest BCUT2D eigenvalue weighted by Gasteiger charge is -2.34. The number of carboxylic acids is 1. The van der Waals surface area contributed by atoms with Gasteiger partial charge in [0.05, 0.1) is 19.3 Å². The second-order valence-corrected chi connectivity index (χ2v) is 7.03. The van der Waals surface area contributed by atoms with E-state index < -0.39 is 5.97 Å². The average molecular weight is 338 g/mol. The van der Waals surface area contributed by atoms with Crippen LogP contribution in [0.4, 0.5) is 0 Å². The second kappa shape index (κ2) is 9.93. The van der Waals surface area contributed by atoms with Crippen LogP contribution in [0.3, 0.4) is 0 Å². The van der Waals surface area contributed by atoms with Crippen LogP contribution in [0.1, 0.15) is 5.56 Å². The number of hydrogen-bond donors (Lipinski definition) is 1. The molecule has 0 aromatic heterocycles. The lowest BCUT2D eigenvalue weighted by molar-refractivity contribution is -0.138. The molecule has 1 fully saturated rings. The third-order valence-electron chi connectivity index (χ3n) is 3.81. The highest BCUT2D eigenvalue weighted by atomic mass is 32.2. The minimum absolute atomic E-state index is 0.0623. The molecule has 6 heteroatoms. The molecule has 1 unspecified atom stereocenters. The van der Waals surface area contributed by atoms with E-state index in [0.717, 1.165) is 37.7 Å². The van der Waals surface area contributed by atoms with Crippen molar-refractivity contribution in [2.75, 3.05) is 52.1 Å². The second-order valence-electron chi connectivity index (χ2n) is 5.92. The van der Waals surface area contributed by atoms with Crippen molar-refractivity contribution in [2.45, 2.75) is 11.9 Å². The van der Waals surface area contributed by atoms with Gasteiger partial charge in [-0.3, -0.25) is 14.6 Å². The number of aliphatic carboxylic acids is 1. The van der Waals surface area contributed by atoms with Crippen molar-refractivity contribution in [1.82, 2.24) is 9.80 Å². The first-order valence-corrected chi connectivity index (χ1v) is 9.15. The topological polar surface area (TPSA) is 53.0 Å². The summed E-state index contributed by atoms with van der Waals surface area (Å²) in [6.07, 6.45) is 0.104. The summed E-state index contributed by atoms with van der Waals surface area (Å²) >= 11 is 1.95. The minimum Gasteiger partial charge on any atom is -0.480 e. The molecule has 1 aromatic carbocycles. The molecule has 1 aliphatic heterocycles. The van der Waals surface area contributed by atoms with Gasteiger partial charge in [-0.15, -0.1) is 0 Å². The van der Waals surface area contributed by atoms with Crippen molar-refractivity contribution in [1.29, 1.82) is 0 Å². The third-order valence-corrected chi connectivity index (χ3v) is 4.82. The maximum absolute atomic E-state index is 10.7. The average Bonchev–Trinajstić information content (AvgIpc) is 2.52. The van der Waals surface area contributed by atoms with E-state index in [4.69, 9.17) is 9.84 Å². The quantitative estimate of drug-likeness (QED) is 0.691. The van der Waals surface area contributed by atoms with Crippen molar-refractivity contribution in [3.63, 3.8) is 0 Å². The molecule has 5 nitrogen and oxygen atoms in total. The number of nitrogens with zero attached hydrogens (tertiary/aromatic N) is 2. The molecular formula is C17H26N2O3S. The zero-order chi connectivity index (χ0) is 16.5. The lowest BCUT2D eigenvalue weighted by atomic mass is 10.2. The number of benzene rings is 1. The van der Waals surface area contributed by atoms with Gasteiger partial charge in [-0.25, -0.2) is 0 Å². The normalized spacial score (nSPS) is 19.1. The fourth-order valence-corrected chi connectivity index (χ4v) is 3.65. The first-order valence-electron chi connectivity index (χ1n) is 7.99. The molecule has 0 radical (unpaired) electrons. The Morgan fingerprint density at radius 3 is 2.96 bits per heavy atom. The summed E-state index contributed by atoms with van der Waals surface area (Å²) < 4.78 is 5.75. The smallest absolute Gasteiger partial charge is 0.317 e. The van der Waals surface area contributed by atoms with Gasteiger partial charge in [-0.2, -0.15) is 11.8 Å². The zero-order valence-electron chi connectivity index (χ0n) is 13.7. The Balaban J connectivity index is 1.63. The van der Waals surface area contributed by atoms with Crippen LogP contribution in [0.15, 0.2) is 30.3 Å². The van der Waals surface area contributed by atoms with Gasteiger partial charge >= 0.3 is 5.97 Å². The molecule has 23 heavy (non-hydrogen) atoms. The lowest BCUT2D eigenvalue weighted by Crippen LogP contribution is -2.48. The molecule has 0 aliphatic carbocycles. The maximum Gasteiger partial charge on any atom is 0.317 e. The Morgan fingerprint density at radius 2 is 2.22 bits per heavy atom. The molecule has 0 saturated carbocycles. The van der Waals surface area contributed by atoms with Crippen molar-refractivity contribution in [3.05, 3.63) is 35.9 Å². The van der Waals surface area contributed by atoms with E-state index in [1.165, 1.54) is 5.56 Å². The van der Waals surface area contributed by atoms with Gasteiger partial charge in [-0.05, 0) is 12.6 Å². The Morgan fingerprint density at radius 1 is 1.43 bits per heavy atom. The van der Waals surface area contributed by atoms with Crippen LogP contribution < -0.4 is 0 Å². The molecule has 0 amide bonds. The van der Waals surface area contributed by atoms with E-state index in [-0.39, 0.29) is 12.6 Å². The van der Waals surface area contributed by atoms with Gasteiger partial charge in [0.15, 0.2) is 0 Å². The van der Waals surface area contributed by atoms with Crippen LogP contribution in [0, 0.1) is 0 Å². The predicted octanol–water partition coefficient (Wildman–Crippen LogP) is 1.64. The SMILES string of the molecule is CN(CC(=O)O)CC1CN(CCSCc2ccccc2)CCO1. The number of carboxylic acid groups (broad SMARTS) is 1. The standard InChI is InChI=1S/C17H26N2O3S/c1-18(13-17(20)21)11-16-12-19(7-9-22-16)8-10-23-14-15-5-3-2-4-6-15/h2-6,16H,7-14H2,1H3,(H,20,21). The molecule has 2 rings (SSSR count). The highest BCUT2D eigenvalue weighted by molar-refractivity contribution is 7.98. The first kappa shape index (κ1) is 18.3. The van der Waals surface area contributed by atoms with E-state index in [1.54, 1.807) is 4.90 Å². The first-order chi connectivity index (χ1) is 11.1. The molecule has 1 aliphatic rings. The molecule has 128 valence electrons. The van der Waals surface area contributed by atoms with Gasteiger partial charge in [0, 0.05) is 37.7 Å². The molecule has 1 aromatic rings. The molecule has 0 bridgehead atoms. The Hall–Kier alpha value is -1.08. The number of morpholine rings is 1. The molecule has 0 spiro atoms. The van der Waals surface area contributed by atoms with Gasteiger partial charge in [-0.1, -0.05) is 30.3 Å². The van der Waals surface area contributed by atoms with Gasteiger partial charge in [0.1, 0.15) is 0 Å². The summed E-state index contributed by atoms with van der Waals surface area (Å²) in [6, 6.07) is 10.5. The highest BCUT2D eigenvalue weighted by Crippen LogP contribution is 2.13. The minimum atomic E-state index is -0.794. The van der Waals surface area contributed by atoms with Crippen LogP contribution in [-0.2, 0) is 15.3 Å². The Bertz CT molecular complexity index is 472. The maximum atomic E-state index is 10.7. The number of likely N-dealkylation sites (N-methyl/N-ethyl adjacent to an activating group) is 1. The Kier molecular flexibility index (Phi) is 7.88. The van der Waals surface area contributed by atoms with E-state index in [2.05, 4.69) is 29.2 Å². The van der Waals surface area contributed by atoms with Crippen LogP contribution in [0.5, 0.6) is 0 Å². The Labute approximate surface area is 142 Å². The van der Waals surface area contributed by atoms with Gasteiger partial charge < -0.3 is 9.84 Å². The van der Waals surface area contributed by atoms with Crippen molar-refractivity contribution in [3.8, 4) is 0 Å². The molecule has 1 heterocycles. The van der Waals surface area contributed by atoms with Gasteiger partial charge in [0.25, 0.3) is 0 Å². The summed E-state index contributed by atoms with van der Waals surface area (Å²) in [7, 11) is 1.83. The largest absolute Gasteiger partial charge is 0.480 e. The number of thioether (sulfide) groups is 1. The van der Waals surface area contributed by atoms with Gasteiger partial charge in [0.2, 0.25) is 0 Å². The van der Waals surface area contributed by atoms with Crippen molar-refractivity contribution in [2.24, 2.45) is 0 Å². The van der Waals surface area contributed by atoms with E-state index in [0.29, 0.717) is 6.54 Å².